The summed E-state index contributed by atoms with van der Waals surface area (Å²) in [4.78, 5) is 20.2. The van der Waals surface area contributed by atoms with Gasteiger partial charge in [0, 0.05) is 43.0 Å². The van der Waals surface area contributed by atoms with Crippen LogP contribution < -0.4 is 5.32 Å². The van der Waals surface area contributed by atoms with Crippen LogP contribution in [0.3, 0.4) is 0 Å². The average molecular weight is 500 g/mol. The molecule has 1 aromatic heterocycles. The Morgan fingerprint density at radius 2 is 2.06 bits per heavy atom. The van der Waals surface area contributed by atoms with Gasteiger partial charge in [0.05, 0.1) is 11.6 Å². The third-order valence-electron chi connectivity index (χ3n) is 5.88. The second-order valence-corrected chi connectivity index (χ2v) is 10.8. The number of fused-ring (bicyclic) bond motifs is 1. The molecule has 1 fully saturated rings. The number of amidine groups is 1. The molecule has 0 radical (unpaired) electrons. The molecule has 34 heavy (non-hydrogen) atoms. The lowest BCUT2D eigenvalue weighted by atomic mass is 9.96. The molecule has 3 heterocycles. The minimum absolute atomic E-state index is 0.187. The van der Waals surface area contributed by atoms with Crippen molar-refractivity contribution in [2.75, 3.05) is 18.4 Å². The van der Waals surface area contributed by atoms with E-state index in [-0.39, 0.29) is 10.8 Å². The Hall–Kier alpha value is -3.18. The molecule has 2 aromatic carbocycles. The van der Waals surface area contributed by atoms with Crippen LogP contribution in [0.2, 0.25) is 0 Å². The number of rotatable bonds is 4. The molecule has 1 N–H and O–H groups in total. The number of benzene rings is 2. The third-order valence-corrected chi connectivity index (χ3v) is 8.36. The second-order valence-electron chi connectivity index (χ2n) is 8.22. The first-order chi connectivity index (χ1) is 16.3. The van der Waals surface area contributed by atoms with Gasteiger partial charge in [0.2, 0.25) is 5.91 Å². The zero-order valence-electron chi connectivity index (χ0n) is 18.3. The molecule has 5 rings (SSSR count). The summed E-state index contributed by atoms with van der Waals surface area (Å²) < 4.78 is 44.7. The van der Waals surface area contributed by atoms with E-state index in [9.17, 15) is 17.6 Å². The quantitative estimate of drug-likeness (QED) is 0.590. The van der Waals surface area contributed by atoms with Crippen molar-refractivity contribution in [3.8, 4) is 0 Å². The van der Waals surface area contributed by atoms with Crippen molar-refractivity contribution in [1.82, 2.24) is 14.5 Å². The Morgan fingerprint density at radius 3 is 2.85 bits per heavy atom. The van der Waals surface area contributed by atoms with Gasteiger partial charge in [0.15, 0.2) is 11.0 Å². The fourth-order valence-electron chi connectivity index (χ4n) is 4.17. The highest BCUT2D eigenvalue weighted by Crippen LogP contribution is 2.34. The summed E-state index contributed by atoms with van der Waals surface area (Å²) in [7, 11) is -1.88. The van der Waals surface area contributed by atoms with Gasteiger partial charge >= 0.3 is 0 Å². The van der Waals surface area contributed by atoms with E-state index in [1.807, 2.05) is 22.7 Å². The number of nitrogens with zero attached hydrogens (tertiary/aromatic N) is 4. The number of amides is 1. The number of hydrogen-bond donors (Lipinski definition) is 1. The lowest BCUT2D eigenvalue weighted by molar-refractivity contribution is -0.121. The SMILES string of the molecule is Cn1ccnc1Sc1ccc(F)cc1NC(=O)C1CCCN(C2=NS(=O)(=O)c3ccccc32)C1. The number of halogens is 1. The number of anilines is 1. The summed E-state index contributed by atoms with van der Waals surface area (Å²) in [6.45, 7) is 0.929. The Kier molecular flexibility index (Phi) is 5.90. The monoisotopic (exact) mass is 499 g/mol. The van der Waals surface area contributed by atoms with Crippen molar-refractivity contribution in [2.45, 2.75) is 27.8 Å². The van der Waals surface area contributed by atoms with Gasteiger partial charge in [-0.05, 0) is 54.9 Å². The number of imidazole rings is 1. The van der Waals surface area contributed by atoms with E-state index in [0.29, 0.717) is 53.1 Å². The molecular formula is C23H22FN5O3S2. The number of hydrogen-bond acceptors (Lipinski definition) is 6. The van der Waals surface area contributed by atoms with Crippen LogP contribution in [0.5, 0.6) is 0 Å². The summed E-state index contributed by atoms with van der Waals surface area (Å²) in [5.41, 5.74) is 0.934. The van der Waals surface area contributed by atoms with Crippen molar-refractivity contribution >= 4 is 39.2 Å². The van der Waals surface area contributed by atoms with Gasteiger partial charge in [0.25, 0.3) is 10.0 Å². The minimum Gasteiger partial charge on any atom is -0.355 e. The number of carbonyl (C=O) groups excluding carboxylic acids is 1. The highest BCUT2D eigenvalue weighted by atomic mass is 32.2. The first kappa shape index (κ1) is 22.6. The fourth-order valence-corrected chi connectivity index (χ4v) is 6.27. The number of sulfonamides is 1. The maximum atomic E-state index is 14.0. The van der Waals surface area contributed by atoms with Gasteiger partial charge in [-0.2, -0.15) is 8.42 Å². The first-order valence-corrected chi connectivity index (χ1v) is 13.0. The zero-order valence-corrected chi connectivity index (χ0v) is 19.9. The highest BCUT2D eigenvalue weighted by molar-refractivity contribution is 7.99. The van der Waals surface area contributed by atoms with Crippen LogP contribution in [0.25, 0.3) is 0 Å². The van der Waals surface area contributed by atoms with E-state index in [1.54, 1.807) is 36.5 Å². The summed E-state index contributed by atoms with van der Waals surface area (Å²) in [6.07, 6.45) is 4.83. The largest absolute Gasteiger partial charge is 0.355 e. The Morgan fingerprint density at radius 1 is 1.24 bits per heavy atom. The highest BCUT2D eigenvalue weighted by Gasteiger charge is 2.35. The molecule has 8 nitrogen and oxygen atoms in total. The smallest absolute Gasteiger partial charge is 0.285 e. The van der Waals surface area contributed by atoms with E-state index in [4.69, 9.17) is 0 Å². The molecule has 1 saturated heterocycles. The molecule has 1 amide bonds. The predicted molar refractivity (Wildman–Crippen MR) is 127 cm³/mol. The Balaban J connectivity index is 1.35. The van der Waals surface area contributed by atoms with E-state index in [1.165, 1.54) is 23.9 Å². The van der Waals surface area contributed by atoms with Crippen LogP contribution in [0.15, 0.2) is 74.2 Å². The topological polar surface area (TPSA) is 96.7 Å². The number of piperidine rings is 1. The molecule has 11 heteroatoms. The molecule has 3 aromatic rings. The summed E-state index contributed by atoms with van der Waals surface area (Å²) in [5, 5.41) is 3.59. The van der Waals surface area contributed by atoms with Gasteiger partial charge in [-0.1, -0.05) is 12.1 Å². The number of carbonyl (C=O) groups is 1. The maximum absolute atomic E-state index is 14.0. The van der Waals surface area contributed by atoms with Crippen molar-refractivity contribution in [3.05, 3.63) is 66.2 Å². The Bertz CT molecular complexity index is 1400. The molecule has 1 unspecified atom stereocenters. The fraction of sp³-hybridized carbons (Fsp3) is 0.261. The van der Waals surface area contributed by atoms with Gasteiger partial charge < -0.3 is 14.8 Å². The minimum atomic E-state index is -3.74. The number of aromatic nitrogens is 2. The summed E-state index contributed by atoms with van der Waals surface area (Å²) >= 11 is 1.33. The van der Waals surface area contributed by atoms with Gasteiger partial charge in [-0.25, -0.2) is 9.37 Å². The van der Waals surface area contributed by atoms with Crippen molar-refractivity contribution < 1.29 is 17.6 Å². The van der Waals surface area contributed by atoms with Crippen molar-refractivity contribution in [3.63, 3.8) is 0 Å². The molecule has 2 aliphatic rings. The van der Waals surface area contributed by atoms with E-state index in [0.717, 1.165) is 0 Å². The maximum Gasteiger partial charge on any atom is 0.285 e. The lowest BCUT2D eigenvalue weighted by Gasteiger charge is -2.33. The molecule has 0 bridgehead atoms. The number of nitrogens with one attached hydrogen (secondary N) is 1. The number of likely N-dealkylation sites (tertiary alicyclic amines) is 1. The molecule has 2 aliphatic heterocycles. The first-order valence-electron chi connectivity index (χ1n) is 10.8. The van der Waals surface area contributed by atoms with Crippen molar-refractivity contribution in [1.29, 1.82) is 0 Å². The van der Waals surface area contributed by atoms with E-state index < -0.39 is 21.8 Å². The molecule has 1 atom stereocenters. The van der Waals surface area contributed by atoms with Gasteiger partial charge in [-0.15, -0.1) is 4.40 Å². The van der Waals surface area contributed by atoms with E-state index in [2.05, 4.69) is 14.7 Å². The Labute approximate surface area is 201 Å². The van der Waals surface area contributed by atoms with Crippen LogP contribution in [-0.2, 0) is 21.9 Å². The second kappa shape index (κ2) is 8.88. The van der Waals surface area contributed by atoms with Crippen LogP contribution in [0.1, 0.15) is 18.4 Å². The molecular weight excluding hydrogens is 477 g/mol. The third kappa shape index (κ3) is 4.32. The lowest BCUT2D eigenvalue weighted by Crippen LogP contribution is -2.43. The van der Waals surface area contributed by atoms with Crippen LogP contribution in [0, 0.1) is 11.7 Å². The predicted octanol–water partition coefficient (Wildman–Crippen LogP) is 3.51. The van der Waals surface area contributed by atoms with Crippen molar-refractivity contribution in [2.24, 2.45) is 17.4 Å². The number of aryl methyl sites for hydroxylation is 1. The summed E-state index contributed by atoms with van der Waals surface area (Å²) in [6, 6.07) is 11.0. The molecule has 0 aliphatic carbocycles. The van der Waals surface area contributed by atoms with Crippen LogP contribution in [-0.4, -0.2) is 47.7 Å². The normalized spacial score (nSPS) is 18.9. The van der Waals surface area contributed by atoms with Gasteiger partial charge in [0.1, 0.15) is 10.7 Å². The van der Waals surface area contributed by atoms with E-state index >= 15 is 0 Å². The van der Waals surface area contributed by atoms with Crippen LogP contribution in [0.4, 0.5) is 10.1 Å². The zero-order chi connectivity index (χ0) is 23.9. The molecule has 0 saturated carbocycles. The standard InChI is InChI=1S/C23H22FN5O3S2/c1-28-12-10-25-23(28)33-19-9-8-16(24)13-18(19)26-22(30)15-5-4-11-29(14-15)21-17-6-2-3-7-20(17)34(31,32)27-21/h2-3,6-10,12-13,15H,4-5,11,14H2,1H3,(H,26,30). The molecule has 176 valence electrons. The van der Waals surface area contributed by atoms with Gasteiger partial charge in [-0.3, -0.25) is 4.79 Å². The molecule has 0 spiro atoms. The van der Waals surface area contributed by atoms with Crippen LogP contribution >= 0.6 is 11.8 Å². The average Bonchev–Trinajstić information content (AvgIpc) is 3.35. The summed E-state index contributed by atoms with van der Waals surface area (Å²) in [5.74, 6) is -0.718.